The Bertz CT molecular complexity index is 1480. The highest BCUT2D eigenvalue weighted by atomic mass is 16.5. The maximum absolute atomic E-state index is 13.7. The lowest BCUT2D eigenvalue weighted by molar-refractivity contribution is -0.149. The Labute approximate surface area is 225 Å². The van der Waals surface area contributed by atoms with Crippen LogP contribution in [0.3, 0.4) is 0 Å². The van der Waals surface area contributed by atoms with Crippen LogP contribution >= 0.6 is 0 Å². The molecule has 1 unspecified atom stereocenters. The zero-order valence-electron chi connectivity index (χ0n) is 22.5. The van der Waals surface area contributed by atoms with Crippen LogP contribution in [0.2, 0.25) is 0 Å². The Kier molecular flexibility index (Phi) is 8.48. The SMILES string of the molecule is CCOC(=O)C1CCCN(C(=O)c2nn(-c3ccc(OC)c(OC)c3)c(=O)n(Cc3ccc(C)cc3)c2=O)C1. The smallest absolute Gasteiger partial charge is 0.352 e. The number of hydrogen-bond donors (Lipinski definition) is 0. The number of carbonyl (C=O) groups is 2. The summed E-state index contributed by atoms with van der Waals surface area (Å²) < 4.78 is 17.8. The lowest BCUT2D eigenvalue weighted by Crippen LogP contribution is -2.49. The molecule has 2 heterocycles. The van der Waals surface area contributed by atoms with Crippen molar-refractivity contribution in [3.8, 4) is 17.2 Å². The number of rotatable bonds is 8. The van der Waals surface area contributed by atoms with Crippen LogP contribution in [0.5, 0.6) is 11.5 Å². The van der Waals surface area contributed by atoms with Gasteiger partial charge in [-0.2, -0.15) is 9.78 Å². The van der Waals surface area contributed by atoms with Gasteiger partial charge in [0.25, 0.3) is 11.5 Å². The molecule has 1 aromatic heterocycles. The van der Waals surface area contributed by atoms with Crippen molar-refractivity contribution in [3.63, 3.8) is 0 Å². The highest BCUT2D eigenvalue weighted by Gasteiger charge is 2.32. The van der Waals surface area contributed by atoms with Gasteiger partial charge in [-0.3, -0.25) is 19.0 Å². The Morgan fingerprint density at radius 3 is 2.41 bits per heavy atom. The maximum Gasteiger partial charge on any atom is 0.352 e. The molecule has 0 aliphatic carbocycles. The minimum Gasteiger partial charge on any atom is -0.493 e. The molecule has 11 heteroatoms. The van der Waals surface area contributed by atoms with Crippen molar-refractivity contribution in [2.45, 2.75) is 33.2 Å². The molecule has 0 N–H and O–H groups in total. The van der Waals surface area contributed by atoms with Crippen molar-refractivity contribution in [3.05, 3.63) is 80.1 Å². The fourth-order valence-corrected chi connectivity index (χ4v) is 4.55. The summed E-state index contributed by atoms with van der Waals surface area (Å²) in [6.45, 7) is 4.30. The van der Waals surface area contributed by atoms with Gasteiger partial charge in [0, 0.05) is 19.2 Å². The van der Waals surface area contributed by atoms with Crippen LogP contribution in [0.25, 0.3) is 5.69 Å². The molecular formula is C28H32N4O7. The number of benzene rings is 2. The van der Waals surface area contributed by atoms with Gasteiger partial charge in [-0.05, 0) is 44.4 Å². The molecule has 1 saturated heterocycles. The topological polar surface area (TPSA) is 122 Å². The van der Waals surface area contributed by atoms with E-state index in [0.29, 0.717) is 36.4 Å². The molecular weight excluding hydrogens is 504 g/mol. The largest absolute Gasteiger partial charge is 0.493 e. The molecule has 1 amide bonds. The minimum atomic E-state index is -0.805. The number of methoxy groups -OCH3 is 2. The molecule has 0 bridgehead atoms. The second kappa shape index (κ2) is 12.0. The number of carbonyl (C=O) groups excluding carboxylic acids is 2. The highest BCUT2D eigenvalue weighted by molar-refractivity contribution is 5.92. The number of likely N-dealkylation sites (tertiary alicyclic amines) is 1. The molecule has 1 atom stereocenters. The summed E-state index contributed by atoms with van der Waals surface area (Å²) in [6, 6.07) is 12.1. The Morgan fingerprint density at radius 1 is 1.03 bits per heavy atom. The summed E-state index contributed by atoms with van der Waals surface area (Å²) in [5.74, 6) is -0.733. The van der Waals surface area contributed by atoms with E-state index < -0.39 is 28.8 Å². The van der Waals surface area contributed by atoms with Gasteiger partial charge < -0.3 is 19.1 Å². The van der Waals surface area contributed by atoms with Crippen molar-refractivity contribution in [2.24, 2.45) is 5.92 Å². The fraction of sp³-hybridized carbons (Fsp3) is 0.393. The fourth-order valence-electron chi connectivity index (χ4n) is 4.55. The van der Waals surface area contributed by atoms with Crippen LogP contribution in [-0.2, 0) is 16.1 Å². The molecule has 11 nitrogen and oxygen atoms in total. The lowest BCUT2D eigenvalue weighted by atomic mass is 9.98. The zero-order valence-corrected chi connectivity index (χ0v) is 22.5. The summed E-state index contributed by atoms with van der Waals surface area (Å²) in [4.78, 5) is 54.6. The summed E-state index contributed by atoms with van der Waals surface area (Å²) in [5, 5.41) is 4.24. The van der Waals surface area contributed by atoms with Gasteiger partial charge in [0.2, 0.25) is 5.69 Å². The third-order valence-electron chi connectivity index (χ3n) is 6.66. The second-order valence-corrected chi connectivity index (χ2v) is 9.30. The first-order chi connectivity index (χ1) is 18.8. The average Bonchev–Trinajstić information content (AvgIpc) is 2.96. The number of amides is 1. The predicted octanol–water partition coefficient (Wildman–Crippen LogP) is 2.18. The molecule has 39 heavy (non-hydrogen) atoms. The second-order valence-electron chi connectivity index (χ2n) is 9.30. The van der Waals surface area contributed by atoms with E-state index in [2.05, 4.69) is 5.10 Å². The molecule has 206 valence electrons. The van der Waals surface area contributed by atoms with E-state index in [1.807, 2.05) is 31.2 Å². The van der Waals surface area contributed by atoms with Crippen LogP contribution in [0.1, 0.15) is 41.4 Å². The third-order valence-corrected chi connectivity index (χ3v) is 6.66. The van der Waals surface area contributed by atoms with E-state index in [1.54, 1.807) is 25.1 Å². The van der Waals surface area contributed by atoms with Gasteiger partial charge in [-0.25, -0.2) is 4.79 Å². The predicted molar refractivity (Wildman–Crippen MR) is 143 cm³/mol. The molecule has 0 saturated carbocycles. The molecule has 0 radical (unpaired) electrons. The van der Waals surface area contributed by atoms with E-state index in [9.17, 15) is 19.2 Å². The van der Waals surface area contributed by atoms with E-state index in [4.69, 9.17) is 14.2 Å². The van der Waals surface area contributed by atoms with E-state index in [0.717, 1.165) is 14.8 Å². The number of ether oxygens (including phenoxy) is 3. The molecule has 4 rings (SSSR count). The molecule has 1 aliphatic rings. The standard InChI is InChI=1S/C28H32N4O7/c1-5-39-27(35)20-7-6-14-30(17-20)25(33)24-26(34)31(16-19-10-8-18(2)9-11-19)28(36)32(29-24)21-12-13-22(37-3)23(15-21)38-4/h8-13,15,20H,5-7,14,16-17H2,1-4H3. The number of aryl methyl sites for hydroxylation is 1. The number of aromatic nitrogens is 3. The van der Waals surface area contributed by atoms with Crippen LogP contribution < -0.4 is 20.7 Å². The van der Waals surface area contributed by atoms with Crippen molar-refractivity contribution >= 4 is 11.9 Å². The Hall–Kier alpha value is -4.41. The average molecular weight is 537 g/mol. The molecule has 1 fully saturated rings. The summed E-state index contributed by atoms with van der Waals surface area (Å²) >= 11 is 0. The quantitative estimate of drug-likeness (QED) is 0.402. The normalized spacial score (nSPS) is 15.1. The molecule has 3 aromatic rings. The van der Waals surface area contributed by atoms with Crippen molar-refractivity contribution in [2.75, 3.05) is 33.9 Å². The number of hydrogen-bond acceptors (Lipinski definition) is 8. The van der Waals surface area contributed by atoms with Gasteiger partial charge >= 0.3 is 11.7 Å². The number of nitrogens with zero attached hydrogens (tertiary/aromatic N) is 4. The Morgan fingerprint density at radius 2 is 1.74 bits per heavy atom. The van der Waals surface area contributed by atoms with E-state index in [-0.39, 0.29) is 31.4 Å². The van der Waals surface area contributed by atoms with Crippen molar-refractivity contribution in [1.29, 1.82) is 0 Å². The van der Waals surface area contributed by atoms with Gasteiger partial charge in [0.15, 0.2) is 11.5 Å². The maximum atomic E-state index is 13.7. The van der Waals surface area contributed by atoms with E-state index in [1.165, 1.54) is 19.1 Å². The van der Waals surface area contributed by atoms with Crippen LogP contribution in [0.15, 0.2) is 52.1 Å². The number of esters is 1. The van der Waals surface area contributed by atoms with Crippen LogP contribution in [0, 0.1) is 12.8 Å². The van der Waals surface area contributed by atoms with Gasteiger partial charge in [-0.1, -0.05) is 29.8 Å². The number of piperidine rings is 1. The monoisotopic (exact) mass is 536 g/mol. The van der Waals surface area contributed by atoms with Crippen LogP contribution in [-0.4, -0.2) is 65.0 Å². The molecule has 0 spiro atoms. The molecule has 2 aromatic carbocycles. The van der Waals surface area contributed by atoms with Gasteiger partial charge in [0.05, 0.1) is 39.0 Å². The molecule has 1 aliphatic heterocycles. The first-order valence-electron chi connectivity index (χ1n) is 12.7. The van der Waals surface area contributed by atoms with Gasteiger partial charge in [-0.15, -0.1) is 0 Å². The van der Waals surface area contributed by atoms with E-state index >= 15 is 0 Å². The first kappa shape index (κ1) is 27.6. The zero-order chi connectivity index (χ0) is 28.1. The van der Waals surface area contributed by atoms with Crippen molar-refractivity contribution < 1.29 is 23.8 Å². The minimum absolute atomic E-state index is 0.0561. The lowest BCUT2D eigenvalue weighted by Gasteiger charge is -2.31. The third kappa shape index (κ3) is 5.87. The van der Waals surface area contributed by atoms with Crippen molar-refractivity contribution in [1.82, 2.24) is 19.2 Å². The highest BCUT2D eigenvalue weighted by Crippen LogP contribution is 2.28. The van der Waals surface area contributed by atoms with Gasteiger partial charge in [0.1, 0.15) is 0 Å². The summed E-state index contributed by atoms with van der Waals surface area (Å²) in [7, 11) is 2.95. The van der Waals surface area contributed by atoms with Crippen LogP contribution in [0.4, 0.5) is 0 Å². The first-order valence-corrected chi connectivity index (χ1v) is 12.7. The summed E-state index contributed by atoms with van der Waals surface area (Å²) in [5.41, 5.74) is 0.0886. The Balaban J connectivity index is 1.82. The summed E-state index contributed by atoms with van der Waals surface area (Å²) in [6.07, 6.45) is 1.15.